The number of carbonyl (C=O) groups excluding carboxylic acids is 1. The number of rotatable bonds is 5. The van der Waals surface area contributed by atoms with Crippen molar-refractivity contribution in [2.75, 3.05) is 0 Å². The molecule has 0 aromatic heterocycles. The quantitative estimate of drug-likeness (QED) is 0.677. The first-order valence-corrected chi connectivity index (χ1v) is 5.92. The van der Waals surface area contributed by atoms with E-state index < -0.39 is 0 Å². The molecule has 1 rings (SSSR count). The molecule has 0 aliphatic carbocycles. The Balaban J connectivity index is 2.92. The number of benzene rings is 1. The molecule has 0 amide bonds. The fraction of sp³-hybridized carbons (Fsp3) is 0.400. The van der Waals surface area contributed by atoms with Crippen LogP contribution in [0.25, 0.3) is 6.08 Å². The molecule has 16 heavy (non-hydrogen) atoms. The summed E-state index contributed by atoms with van der Waals surface area (Å²) >= 11 is 0. The third kappa shape index (κ3) is 4.01. The van der Waals surface area contributed by atoms with Gasteiger partial charge in [0.1, 0.15) is 0 Å². The number of carbonyl (C=O) groups is 1. The summed E-state index contributed by atoms with van der Waals surface area (Å²) in [5, 5.41) is 0. The van der Waals surface area contributed by atoms with E-state index in [1.807, 2.05) is 43.3 Å². The van der Waals surface area contributed by atoms with Crippen molar-refractivity contribution in [3.63, 3.8) is 0 Å². The minimum atomic E-state index is 0.262. The summed E-state index contributed by atoms with van der Waals surface area (Å²) in [4.78, 5) is 11.8. The lowest BCUT2D eigenvalue weighted by Gasteiger charge is -2.08. The van der Waals surface area contributed by atoms with Gasteiger partial charge in [-0.2, -0.15) is 0 Å². The fourth-order valence-corrected chi connectivity index (χ4v) is 1.67. The molecule has 86 valence electrons. The summed E-state index contributed by atoms with van der Waals surface area (Å²) in [6.07, 6.45) is 3.47. The van der Waals surface area contributed by atoms with E-state index in [1.165, 1.54) is 0 Å². The molecule has 0 N–H and O–H groups in total. The molecule has 0 radical (unpaired) electrons. The number of allylic oxidation sites excluding steroid dienone is 1. The lowest BCUT2D eigenvalue weighted by molar-refractivity contribution is -0.115. The molecule has 0 unspecified atom stereocenters. The van der Waals surface area contributed by atoms with Gasteiger partial charge in [0, 0.05) is 6.42 Å². The van der Waals surface area contributed by atoms with E-state index in [1.54, 1.807) is 0 Å². The number of hydrogen-bond donors (Lipinski definition) is 0. The standard InChI is InChI=1S/C15H20O/c1-4-15(16)14(10-12(2)3)11-13-8-6-5-7-9-13/h5-9,11-12H,4,10H2,1-3H3/b14-11+. The van der Waals surface area contributed by atoms with Crippen molar-refractivity contribution < 1.29 is 4.79 Å². The number of hydrogen-bond acceptors (Lipinski definition) is 1. The highest BCUT2D eigenvalue weighted by Crippen LogP contribution is 2.17. The van der Waals surface area contributed by atoms with Gasteiger partial charge in [0.25, 0.3) is 0 Å². The van der Waals surface area contributed by atoms with Crippen LogP contribution < -0.4 is 0 Å². The smallest absolute Gasteiger partial charge is 0.158 e. The van der Waals surface area contributed by atoms with Crippen molar-refractivity contribution in [3.8, 4) is 0 Å². The zero-order valence-corrected chi connectivity index (χ0v) is 10.4. The topological polar surface area (TPSA) is 17.1 Å². The molecule has 0 heterocycles. The average Bonchev–Trinajstić information content (AvgIpc) is 2.28. The van der Waals surface area contributed by atoms with Crippen molar-refractivity contribution in [2.24, 2.45) is 5.92 Å². The summed E-state index contributed by atoms with van der Waals surface area (Å²) in [6.45, 7) is 6.20. The van der Waals surface area contributed by atoms with Gasteiger partial charge in [0.2, 0.25) is 0 Å². The van der Waals surface area contributed by atoms with Gasteiger partial charge < -0.3 is 0 Å². The highest BCUT2D eigenvalue weighted by Gasteiger charge is 2.09. The third-order valence-corrected chi connectivity index (χ3v) is 2.45. The molecular formula is C15H20O. The predicted octanol–water partition coefficient (Wildman–Crippen LogP) is 4.10. The minimum Gasteiger partial charge on any atom is -0.295 e. The zero-order valence-electron chi connectivity index (χ0n) is 10.4. The Labute approximate surface area is 98.2 Å². The Hall–Kier alpha value is -1.37. The van der Waals surface area contributed by atoms with Gasteiger partial charge in [-0.05, 0) is 29.6 Å². The molecule has 0 aliphatic heterocycles. The van der Waals surface area contributed by atoms with E-state index in [9.17, 15) is 4.79 Å². The van der Waals surface area contributed by atoms with Gasteiger partial charge in [-0.1, -0.05) is 51.1 Å². The molecular weight excluding hydrogens is 196 g/mol. The van der Waals surface area contributed by atoms with Crippen LogP contribution in [0.3, 0.4) is 0 Å². The summed E-state index contributed by atoms with van der Waals surface area (Å²) < 4.78 is 0. The third-order valence-electron chi connectivity index (χ3n) is 2.45. The summed E-state index contributed by atoms with van der Waals surface area (Å²) in [5.74, 6) is 0.781. The summed E-state index contributed by atoms with van der Waals surface area (Å²) in [6, 6.07) is 10.0. The van der Waals surface area contributed by atoms with E-state index >= 15 is 0 Å². The van der Waals surface area contributed by atoms with Crippen LogP contribution in [-0.2, 0) is 4.79 Å². The van der Waals surface area contributed by atoms with Crippen molar-refractivity contribution in [2.45, 2.75) is 33.6 Å². The van der Waals surface area contributed by atoms with Gasteiger partial charge in [-0.25, -0.2) is 0 Å². The highest BCUT2D eigenvalue weighted by molar-refractivity contribution is 5.99. The molecule has 1 heteroatoms. The highest BCUT2D eigenvalue weighted by atomic mass is 16.1. The van der Waals surface area contributed by atoms with Crippen LogP contribution in [0, 0.1) is 5.92 Å². The summed E-state index contributed by atoms with van der Waals surface area (Å²) in [7, 11) is 0. The number of Topliss-reactive ketones (excluding diaryl/α,β-unsaturated/α-hetero) is 1. The normalized spacial score (nSPS) is 11.9. The molecule has 1 aromatic carbocycles. The van der Waals surface area contributed by atoms with Crippen LogP contribution >= 0.6 is 0 Å². The Morgan fingerprint density at radius 1 is 1.25 bits per heavy atom. The maximum Gasteiger partial charge on any atom is 0.158 e. The Bertz CT molecular complexity index is 360. The SMILES string of the molecule is CCC(=O)/C(=C/c1ccccc1)CC(C)C. The van der Waals surface area contributed by atoms with Gasteiger partial charge in [0.05, 0.1) is 0 Å². The second-order valence-electron chi connectivity index (χ2n) is 4.45. The average molecular weight is 216 g/mol. The Morgan fingerprint density at radius 3 is 2.38 bits per heavy atom. The Kier molecular flexibility index (Phi) is 4.97. The van der Waals surface area contributed by atoms with E-state index in [0.717, 1.165) is 17.6 Å². The molecule has 0 aliphatic rings. The fourth-order valence-electron chi connectivity index (χ4n) is 1.67. The van der Waals surface area contributed by atoms with E-state index in [2.05, 4.69) is 13.8 Å². The maximum atomic E-state index is 11.8. The van der Waals surface area contributed by atoms with Gasteiger partial charge in [0.15, 0.2) is 5.78 Å². The van der Waals surface area contributed by atoms with E-state index in [-0.39, 0.29) is 5.78 Å². The molecule has 1 nitrogen and oxygen atoms in total. The molecule has 0 saturated heterocycles. The van der Waals surface area contributed by atoms with Gasteiger partial charge in [-0.15, -0.1) is 0 Å². The lowest BCUT2D eigenvalue weighted by Crippen LogP contribution is -2.03. The summed E-state index contributed by atoms with van der Waals surface area (Å²) in [5.41, 5.74) is 2.06. The van der Waals surface area contributed by atoms with Crippen LogP contribution in [0.15, 0.2) is 35.9 Å². The first-order valence-electron chi connectivity index (χ1n) is 5.92. The monoisotopic (exact) mass is 216 g/mol. The first kappa shape index (κ1) is 12.7. The second kappa shape index (κ2) is 6.26. The Morgan fingerprint density at radius 2 is 1.88 bits per heavy atom. The van der Waals surface area contributed by atoms with E-state index in [4.69, 9.17) is 0 Å². The molecule has 0 bridgehead atoms. The lowest BCUT2D eigenvalue weighted by atomic mass is 9.96. The molecule has 0 spiro atoms. The zero-order chi connectivity index (χ0) is 12.0. The van der Waals surface area contributed by atoms with Crippen LogP contribution in [0.2, 0.25) is 0 Å². The largest absolute Gasteiger partial charge is 0.295 e. The van der Waals surface area contributed by atoms with Crippen LogP contribution in [0.1, 0.15) is 39.2 Å². The van der Waals surface area contributed by atoms with Gasteiger partial charge >= 0.3 is 0 Å². The predicted molar refractivity (Wildman–Crippen MR) is 69.2 cm³/mol. The van der Waals surface area contributed by atoms with Crippen molar-refractivity contribution in [1.82, 2.24) is 0 Å². The molecule has 1 aromatic rings. The molecule has 0 fully saturated rings. The van der Waals surface area contributed by atoms with Crippen molar-refractivity contribution in [3.05, 3.63) is 41.5 Å². The van der Waals surface area contributed by atoms with Crippen LogP contribution in [0.4, 0.5) is 0 Å². The second-order valence-corrected chi connectivity index (χ2v) is 4.45. The molecule has 0 saturated carbocycles. The number of ketones is 1. The maximum absolute atomic E-state index is 11.8. The van der Waals surface area contributed by atoms with Crippen LogP contribution in [-0.4, -0.2) is 5.78 Å². The van der Waals surface area contributed by atoms with Crippen molar-refractivity contribution >= 4 is 11.9 Å². The minimum absolute atomic E-state index is 0.262. The molecule has 0 atom stereocenters. The van der Waals surface area contributed by atoms with E-state index in [0.29, 0.717) is 12.3 Å². The first-order chi connectivity index (χ1) is 7.63. The van der Waals surface area contributed by atoms with Crippen LogP contribution in [0.5, 0.6) is 0 Å². The van der Waals surface area contributed by atoms with Gasteiger partial charge in [-0.3, -0.25) is 4.79 Å². The van der Waals surface area contributed by atoms with Crippen molar-refractivity contribution in [1.29, 1.82) is 0 Å².